The second-order valence-electron chi connectivity index (χ2n) is 3.49. The van der Waals surface area contributed by atoms with Crippen LogP contribution in [-0.2, 0) is 0 Å². The van der Waals surface area contributed by atoms with E-state index < -0.39 is 0 Å². The summed E-state index contributed by atoms with van der Waals surface area (Å²) in [6, 6.07) is 14.3. The van der Waals surface area contributed by atoms with Gasteiger partial charge in [-0.15, -0.1) is 0 Å². The predicted molar refractivity (Wildman–Crippen MR) is 65.2 cm³/mol. The molecule has 3 heteroatoms. The zero-order valence-corrected chi connectivity index (χ0v) is 9.05. The molecule has 0 bridgehead atoms. The fraction of sp³-hybridized carbons (Fsp3) is 0. The molecule has 0 radical (unpaired) electrons. The van der Waals surface area contributed by atoms with Gasteiger partial charge in [0.15, 0.2) is 0 Å². The molecule has 0 atom stereocenters. The third-order valence-electron chi connectivity index (χ3n) is 2.32. The normalized spacial score (nSPS) is 10.9. The minimum atomic E-state index is -0.261. The summed E-state index contributed by atoms with van der Waals surface area (Å²) >= 11 is 0. The van der Waals surface area contributed by atoms with Gasteiger partial charge >= 0.3 is 0 Å². The van der Waals surface area contributed by atoms with Crippen molar-refractivity contribution >= 4 is 11.9 Å². The van der Waals surface area contributed by atoms with Crippen molar-refractivity contribution in [2.75, 3.05) is 0 Å². The Morgan fingerprint density at radius 1 is 1.18 bits per heavy atom. The van der Waals surface area contributed by atoms with Gasteiger partial charge in [0.1, 0.15) is 11.6 Å². The lowest BCUT2D eigenvalue weighted by Gasteiger charge is -1.98. The van der Waals surface area contributed by atoms with Crippen LogP contribution in [0.25, 0.3) is 6.08 Å². The summed E-state index contributed by atoms with van der Waals surface area (Å²) in [4.78, 5) is 14.9. The number of aromatic nitrogens is 1. The maximum atomic E-state index is 12.0. The van der Waals surface area contributed by atoms with E-state index in [1.54, 1.807) is 42.6 Å². The number of hydrogen-bond acceptors (Lipinski definition) is 2. The zero-order valence-electron chi connectivity index (χ0n) is 9.05. The van der Waals surface area contributed by atoms with Crippen molar-refractivity contribution in [1.29, 1.82) is 5.26 Å². The topological polar surface area (TPSA) is 56.6 Å². The van der Waals surface area contributed by atoms with Crippen LogP contribution in [0.2, 0.25) is 0 Å². The molecule has 0 aliphatic carbocycles. The van der Waals surface area contributed by atoms with Gasteiger partial charge in [-0.25, -0.2) is 0 Å². The van der Waals surface area contributed by atoms with Gasteiger partial charge < -0.3 is 4.98 Å². The Labute approximate surface area is 99.0 Å². The van der Waals surface area contributed by atoms with Gasteiger partial charge in [-0.05, 0) is 18.2 Å². The van der Waals surface area contributed by atoms with Gasteiger partial charge in [-0.2, -0.15) is 5.26 Å². The van der Waals surface area contributed by atoms with E-state index in [1.165, 1.54) is 0 Å². The molecular formula is C14H10N2O. The first kappa shape index (κ1) is 10.9. The van der Waals surface area contributed by atoms with Crippen LogP contribution in [0.5, 0.6) is 0 Å². The standard InChI is InChI=1S/C14H10N2O/c15-10-12(9-13-7-4-8-16-13)14(17)11-5-2-1-3-6-11/h1-9,16H. The number of allylic oxidation sites excluding steroid dienone is 1. The second-order valence-corrected chi connectivity index (χ2v) is 3.49. The van der Waals surface area contributed by atoms with Crippen molar-refractivity contribution in [2.24, 2.45) is 0 Å². The maximum Gasteiger partial charge on any atom is 0.203 e. The SMILES string of the molecule is N#CC(=Cc1ccc[nH]1)C(=O)c1ccccc1. The molecular weight excluding hydrogens is 212 g/mol. The second kappa shape index (κ2) is 4.95. The first-order valence-corrected chi connectivity index (χ1v) is 5.16. The zero-order chi connectivity index (χ0) is 12.1. The molecule has 0 saturated carbocycles. The first-order chi connectivity index (χ1) is 8.31. The van der Waals surface area contributed by atoms with Crippen LogP contribution >= 0.6 is 0 Å². The van der Waals surface area contributed by atoms with Crippen LogP contribution < -0.4 is 0 Å². The number of ketones is 1. The van der Waals surface area contributed by atoms with Gasteiger partial charge in [0.25, 0.3) is 0 Å². The molecule has 3 nitrogen and oxygen atoms in total. The number of H-pyrrole nitrogens is 1. The molecule has 0 aliphatic heterocycles. The van der Waals surface area contributed by atoms with E-state index in [4.69, 9.17) is 5.26 Å². The van der Waals surface area contributed by atoms with Crippen molar-refractivity contribution in [1.82, 2.24) is 4.98 Å². The van der Waals surface area contributed by atoms with E-state index in [9.17, 15) is 4.79 Å². The Morgan fingerprint density at radius 3 is 2.53 bits per heavy atom. The van der Waals surface area contributed by atoms with Crippen LogP contribution in [0, 0.1) is 11.3 Å². The van der Waals surface area contributed by atoms with Crippen LogP contribution in [-0.4, -0.2) is 10.8 Å². The molecule has 1 aromatic heterocycles. The van der Waals surface area contributed by atoms with Gasteiger partial charge in [-0.1, -0.05) is 30.3 Å². The lowest BCUT2D eigenvalue weighted by atomic mass is 10.0. The number of nitriles is 1. The smallest absolute Gasteiger partial charge is 0.203 e. The summed E-state index contributed by atoms with van der Waals surface area (Å²) in [6.07, 6.45) is 3.29. The number of benzene rings is 1. The van der Waals surface area contributed by atoms with Gasteiger partial charge in [0.05, 0.1) is 0 Å². The highest BCUT2D eigenvalue weighted by Gasteiger charge is 2.11. The Hall–Kier alpha value is -2.60. The van der Waals surface area contributed by atoms with E-state index >= 15 is 0 Å². The molecule has 0 saturated heterocycles. The van der Waals surface area contributed by atoms with Crippen molar-refractivity contribution in [3.05, 3.63) is 65.5 Å². The van der Waals surface area contributed by atoms with Crippen molar-refractivity contribution < 1.29 is 4.79 Å². The number of hydrogen-bond donors (Lipinski definition) is 1. The molecule has 0 aliphatic rings. The molecule has 0 spiro atoms. The largest absolute Gasteiger partial charge is 0.362 e. The number of carbonyl (C=O) groups is 1. The van der Waals surface area contributed by atoms with Gasteiger partial charge in [-0.3, -0.25) is 4.79 Å². The van der Waals surface area contributed by atoms with Crippen molar-refractivity contribution in [3.8, 4) is 6.07 Å². The van der Waals surface area contributed by atoms with Crippen molar-refractivity contribution in [3.63, 3.8) is 0 Å². The van der Waals surface area contributed by atoms with Crippen LogP contribution in [0.1, 0.15) is 16.1 Å². The van der Waals surface area contributed by atoms with E-state index in [0.29, 0.717) is 5.56 Å². The third kappa shape index (κ3) is 2.50. The van der Waals surface area contributed by atoms with Gasteiger partial charge in [0.2, 0.25) is 5.78 Å². The molecule has 82 valence electrons. The molecule has 1 aromatic carbocycles. The van der Waals surface area contributed by atoms with Crippen LogP contribution in [0.3, 0.4) is 0 Å². The molecule has 0 fully saturated rings. The van der Waals surface area contributed by atoms with E-state index in [1.807, 2.05) is 18.2 Å². The Bertz CT molecular complexity index is 574. The van der Waals surface area contributed by atoms with E-state index in [0.717, 1.165) is 5.69 Å². The molecule has 17 heavy (non-hydrogen) atoms. The highest BCUT2D eigenvalue weighted by molar-refractivity contribution is 6.13. The first-order valence-electron chi connectivity index (χ1n) is 5.16. The number of Topliss-reactive ketones (excluding diaryl/α,β-unsaturated/α-hetero) is 1. The molecule has 0 unspecified atom stereocenters. The number of rotatable bonds is 3. The average Bonchev–Trinajstić information content (AvgIpc) is 2.89. The summed E-state index contributed by atoms with van der Waals surface area (Å²) in [5.41, 5.74) is 1.39. The Kier molecular flexibility index (Phi) is 3.18. The van der Waals surface area contributed by atoms with Crippen LogP contribution in [0.4, 0.5) is 0 Å². The molecule has 1 heterocycles. The molecule has 2 aromatic rings. The highest BCUT2D eigenvalue weighted by Crippen LogP contribution is 2.11. The summed E-state index contributed by atoms with van der Waals surface area (Å²) in [5, 5.41) is 9.00. The van der Waals surface area contributed by atoms with Crippen LogP contribution in [0.15, 0.2) is 54.2 Å². The summed E-state index contributed by atoms with van der Waals surface area (Å²) in [5.74, 6) is -0.261. The van der Waals surface area contributed by atoms with Crippen molar-refractivity contribution in [2.45, 2.75) is 0 Å². The van der Waals surface area contributed by atoms with E-state index in [-0.39, 0.29) is 11.4 Å². The number of nitrogens with zero attached hydrogens (tertiary/aromatic N) is 1. The monoisotopic (exact) mass is 222 g/mol. The Balaban J connectivity index is 2.33. The summed E-state index contributed by atoms with van der Waals surface area (Å²) in [6.45, 7) is 0. The minimum absolute atomic E-state index is 0.124. The summed E-state index contributed by atoms with van der Waals surface area (Å²) < 4.78 is 0. The molecule has 2 rings (SSSR count). The minimum Gasteiger partial charge on any atom is -0.362 e. The average molecular weight is 222 g/mol. The summed E-state index contributed by atoms with van der Waals surface area (Å²) in [7, 11) is 0. The lowest BCUT2D eigenvalue weighted by Crippen LogP contribution is -2.01. The highest BCUT2D eigenvalue weighted by atomic mass is 16.1. The molecule has 0 amide bonds. The quantitative estimate of drug-likeness (QED) is 0.493. The maximum absolute atomic E-state index is 12.0. The number of aromatic amines is 1. The molecule has 1 N–H and O–H groups in total. The lowest BCUT2D eigenvalue weighted by molar-refractivity contribution is 0.104. The fourth-order valence-corrected chi connectivity index (χ4v) is 1.48. The third-order valence-corrected chi connectivity index (χ3v) is 2.32. The van der Waals surface area contributed by atoms with E-state index in [2.05, 4.69) is 4.98 Å². The number of carbonyl (C=O) groups excluding carboxylic acids is 1. The fourth-order valence-electron chi connectivity index (χ4n) is 1.48. The van der Waals surface area contributed by atoms with Gasteiger partial charge in [0, 0.05) is 17.5 Å². The Morgan fingerprint density at radius 2 is 1.94 bits per heavy atom. The number of nitrogens with one attached hydrogen (secondary N) is 1. The predicted octanol–water partition coefficient (Wildman–Crippen LogP) is 2.80.